The van der Waals surface area contributed by atoms with Crippen LogP contribution in [-0.2, 0) is 4.79 Å². The molecule has 4 aromatic heterocycles. The summed E-state index contributed by atoms with van der Waals surface area (Å²) in [5.74, 6) is 1.72. The molecular weight excluding hydrogens is 556 g/mol. The molecule has 11 nitrogen and oxygen atoms in total. The van der Waals surface area contributed by atoms with Gasteiger partial charge in [-0.25, -0.2) is 0 Å². The van der Waals surface area contributed by atoms with Crippen molar-refractivity contribution in [3.05, 3.63) is 122 Å². The lowest BCUT2D eigenvalue weighted by Crippen LogP contribution is -1.95. The number of fused-ring (bicyclic) bond motifs is 4. The third-order valence-electron chi connectivity index (χ3n) is 6.53. The first-order valence-electron chi connectivity index (χ1n) is 13.3. The summed E-state index contributed by atoms with van der Waals surface area (Å²) in [6.45, 7) is 2.00. The van der Waals surface area contributed by atoms with Crippen LogP contribution in [0.15, 0.2) is 122 Å². The summed E-state index contributed by atoms with van der Waals surface area (Å²) in [6, 6.07) is 31.2. The zero-order chi connectivity index (χ0) is 30.1. The van der Waals surface area contributed by atoms with Crippen LogP contribution < -0.4 is 9.47 Å². The highest BCUT2D eigenvalue weighted by atomic mass is 16.5. The second kappa shape index (κ2) is 13.0. The Hall–Kier alpha value is -6.49. The third kappa shape index (κ3) is 5.78. The molecule has 44 heavy (non-hydrogen) atoms. The monoisotopic (exact) mass is 578 g/mol. The molecule has 0 radical (unpaired) electrons. The highest BCUT2D eigenvalue weighted by molar-refractivity contribution is 5.90. The minimum atomic E-state index is 0.429. The molecule has 4 aromatic carbocycles. The minimum absolute atomic E-state index is 0.429. The number of hydrogen-bond acceptors (Lipinski definition) is 11. The van der Waals surface area contributed by atoms with Crippen LogP contribution in [0.3, 0.4) is 0 Å². The molecule has 0 spiro atoms. The van der Waals surface area contributed by atoms with Crippen molar-refractivity contribution in [1.82, 2.24) is 40.8 Å². The lowest BCUT2D eigenvalue weighted by Gasteiger charge is -2.07. The van der Waals surface area contributed by atoms with Gasteiger partial charge in [0.1, 0.15) is 6.79 Å². The van der Waals surface area contributed by atoms with Gasteiger partial charge in [-0.3, -0.25) is 0 Å². The van der Waals surface area contributed by atoms with Gasteiger partial charge in [0.2, 0.25) is 23.5 Å². The van der Waals surface area contributed by atoms with E-state index < -0.39 is 0 Å². The number of hydrogen-bond donors (Lipinski definition) is 0. The maximum Gasteiger partial charge on any atom is 0.248 e. The van der Waals surface area contributed by atoms with Crippen LogP contribution in [0.2, 0.25) is 0 Å². The topological polar surface area (TPSA) is 139 Å². The average Bonchev–Trinajstić information content (AvgIpc) is 3.10. The standard InChI is InChI=1S/2C16H10N4O.CH2O/c2*1-3-7-13-11(5-1)9-17-19-15(13)21-16-14-8-4-2-6-12(14)10-18-20-16;1-2/h2*1-10H;1H2. The maximum absolute atomic E-state index is 8.00. The smallest absolute Gasteiger partial charge is 0.248 e. The Labute approximate surface area is 250 Å². The Balaban J connectivity index is 0.000000148. The molecule has 11 heteroatoms. The fourth-order valence-corrected chi connectivity index (χ4v) is 4.49. The molecule has 0 bridgehead atoms. The lowest BCUT2D eigenvalue weighted by molar-refractivity contribution is -0.0980. The molecule has 0 N–H and O–H groups in total. The number of rotatable bonds is 4. The Morgan fingerprint density at radius 1 is 0.364 bits per heavy atom. The average molecular weight is 579 g/mol. The number of carbonyl (C=O) groups excluding carboxylic acids is 1. The molecule has 0 amide bonds. The molecule has 8 rings (SSSR count). The van der Waals surface area contributed by atoms with Crippen LogP contribution in [0, 0.1) is 0 Å². The van der Waals surface area contributed by atoms with Crippen LogP contribution in [0.25, 0.3) is 43.1 Å². The SMILES string of the molecule is C=O.c1ccc2c(Oc3nncc4ccccc34)nncc2c1.c1ccc2c(Oc3nncc4ccccc34)nncc2c1. The first-order valence-corrected chi connectivity index (χ1v) is 13.3. The number of aromatic nitrogens is 8. The largest absolute Gasteiger partial charge is 0.416 e. The summed E-state index contributed by atoms with van der Waals surface area (Å²) in [6.07, 6.45) is 6.82. The third-order valence-corrected chi connectivity index (χ3v) is 6.53. The van der Waals surface area contributed by atoms with Crippen molar-refractivity contribution in [2.24, 2.45) is 0 Å². The number of ether oxygens (including phenoxy) is 2. The van der Waals surface area contributed by atoms with E-state index in [-0.39, 0.29) is 0 Å². The van der Waals surface area contributed by atoms with Crippen LogP contribution >= 0.6 is 0 Å². The van der Waals surface area contributed by atoms with Gasteiger partial charge in [0.05, 0.1) is 24.8 Å². The quantitative estimate of drug-likeness (QED) is 0.225. The van der Waals surface area contributed by atoms with E-state index in [1.165, 1.54) is 0 Å². The van der Waals surface area contributed by atoms with E-state index in [9.17, 15) is 0 Å². The molecule has 0 saturated heterocycles. The minimum Gasteiger partial charge on any atom is -0.416 e. The van der Waals surface area contributed by atoms with E-state index in [4.69, 9.17) is 14.3 Å². The van der Waals surface area contributed by atoms with Gasteiger partial charge in [-0.15, -0.1) is 20.4 Å². The Morgan fingerprint density at radius 2 is 0.591 bits per heavy atom. The second-order valence-corrected chi connectivity index (χ2v) is 9.15. The fraction of sp³-hybridized carbons (Fsp3) is 0. The van der Waals surface area contributed by atoms with Crippen molar-refractivity contribution in [1.29, 1.82) is 0 Å². The van der Waals surface area contributed by atoms with Crippen LogP contribution in [-0.4, -0.2) is 47.6 Å². The van der Waals surface area contributed by atoms with Gasteiger partial charge in [-0.2, -0.15) is 20.4 Å². The molecule has 4 heterocycles. The number of carbonyl (C=O) groups is 1. The molecule has 0 aliphatic heterocycles. The molecule has 0 fully saturated rings. The van der Waals surface area contributed by atoms with Crippen molar-refractivity contribution >= 4 is 49.9 Å². The Morgan fingerprint density at radius 3 is 0.841 bits per heavy atom. The number of nitrogens with zero attached hydrogens (tertiary/aromatic N) is 8. The summed E-state index contributed by atoms with van der Waals surface area (Å²) < 4.78 is 11.7. The highest BCUT2D eigenvalue weighted by Crippen LogP contribution is 2.31. The summed E-state index contributed by atoms with van der Waals surface area (Å²) in [7, 11) is 0. The highest BCUT2D eigenvalue weighted by Gasteiger charge is 2.11. The normalized spacial score (nSPS) is 10.5. The summed E-state index contributed by atoms with van der Waals surface area (Å²) in [5, 5.41) is 39.6. The fourth-order valence-electron chi connectivity index (χ4n) is 4.49. The molecule has 212 valence electrons. The van der Waals surface area contributed by atoms with Crippen molar-refractivity contribution in [3.8, 4) is 23.5 Å². The van der Waals surface area contributed by atoms with E-state index in [1.54, 1.807) is 24.8 Å². The first kappa shape index (κ1) is 27.7. The first-order chi connectivity index (χ1) is 21.8. The van der Waals surface area contributed by atoms with Gasteiger partial charge in [0.15, 0.2) is 0 Å². The van der Waals surface area contributed by atoms with Gasteiger partial charge in [-0.1, -0.05) is 72.8 Å². The van der Waals surface area contributed by atoms with E-state index >= 15 is 0 Å². The van der Waals surface area contributed by atoms with Crippen LogP contribution in [0.5, 0.6) is 23.5 Å². The Bertz CT molecular complexity index is 1880. The van der Waals surface area contributed by atoms with Gasteiger partial charge >= 0.3 is 0 Å². The summed E-state index contributed by atoms with van der Waals surface area (Å²) in [4.78, 5) is 8.00. The molecule has 8 aromatic rings. The van der Waals surface area contributed by atoms with Gasteiger partial charge in [-0.05, 0) is 24.3 Å². The molecule has 0 unspecified atom stereocenters. The zero-order valence-electron chi connectivity index (χ0n) is 23.1. The van der Waals surface area contributed by atoms with E-state index in [2.05, 4.69) is 40.8 Å². The number of benzene rings is 4. The Kier molecular flexibility index (Phi) is 8.17. The van der Waals surface area contributed by atoms with E-state index in [0.717, 1.165) is 43.1 Å². The van der Waals surface area contributed by atoms with E-state index in [0.29, 0.717) is 23.5 Å². The molecular formula is C33H22N8O3. The second-order valence-electron chi connectivity index (χ2n) is 9.15. The summed E-state index contributed by atoms with van der Waals surface area (Å²) in [5.41, 5.74) is 0. The van der Waals surface area contributed by atoms with Crippen molar-refractivity contribution < 1.29 is 14.3 Å². The van der Waals surface area contributed by atoms with Crippen molar-refractivity contribution in [2.75, 3.05) is 0 Å². The summed E-state index contributed by atoms with van der Waals surface area (Å²) >= 11 is 0. The van der Waals surface area contributed by atoms with Crippen LogP contribution in [0.1, 0.15) is 0 Å². The molecule has 0 saturated carbocycles. The van der Waals surface area contributed by atoms with Crippen molar-refractivity contribution in [2.45, 2.75) is 0 Å². The van der Waals surface area contributed by atoms with E-state index in [1.807, 2.05) is 104 Å². The maximum atomic E-state index is 8.00. The molecule has 0 aliphatic rings. The lowest BCUT2D eigenvalue weighted by atomic mass is 10.2. The molecule has 0 atom stereocenters. The van der Waals surface area contributed by atoms with Crippen LogP contribution in [0.4, 0.5) is 0 Å². The van der Waals surface area contributed by atoms with Gasteiger partial charge in [0.25, 0.3) is 0 Å². The van der Waals surface area contributed by atoms with Crippen molar-refractivity contribution in [3.63, 3.8) is 0 Å². The molecule has 0 aliphatic carbocycles. The van der Waals surface area contributed by atoms with Gasteiger partial charge < -0.3 is 14.3 Å². The predicted octanol–water partition coefficient (Wildman–Crippen LogP) is 6.55. The predicted molar refractivity (Wildman–Crippen MR) is 165 cm³/mol. The zero-order valence-corrected chi connectivity index (χ0v) is 23.1. The van der Waals surface area contributed by atoms with Gasteiger partial charge in [0, 0.05) is 43.1 Å².